The first-order chi connectivity index (χ1) is 8.78. The number of rotatable bonds is 5. The molecule has 0 spiro atoms. The van der Waals surface area contributed by atoms with Crippen LogP contribution < -0.4 is 5.32 Å². The lowest BCUT2D eigenvalue weighted by Gasteiger charge is -2.32. The van der Waals surface area contributed by atoms with Crippen LogP contribution in [0.4, 0.5) is 0 Å². The molecule has 1 fully saturated rings. The van der Waals surface area contributed by atoms with E-state index in [4.69, 9.17) is 0 Å². The van der Waals surface area contributed by atoms with Gasteiger partial charge in [-0.2, -0.15) is 0 Å². The molecule has 0 aromatic heterocycles. The number of hydrogen-bond acceptors (Lipinski definition) is 3. The van der Waals surface area contributed by atoms with Crippen molar-refractivity contribution in [1.82, 2.24) is 10.2 Å². The summed E-state index contributed by atoms with van der Waals surface area (Å²) in [6.45, 7) is 7.71. The first kappa shape index (κ1) is 13.4. The minimum absolute atomic E-state index is 0.370. The highest BCUT2D eigenvalue weighted by molar-refractivity contribution is 5.27. The van der Waals surface area contributed by atoms with Crippen LogP contribution in [0.1, 0.15) is 25.3 Å². The lowest BCUT2D eigenvalue weighted by molar-refractivity contribution is 0.176. The average Bonchev–Trinajstić information content (AvgIpc) is 2.38. The second kappa shape index (κ2) is 6.76. The zero-order valence-corrected chi connectivity index (χ0v) is 11.2. The van der Waals surface area contributed by atoms with Gasteiger partial charge >= 0.3 is 0 Å². The summed E-state index contributed by atoms with van der Waals surface area (Å²) in [5.74, 6) is 1.21. The molecule has 1 aromatic rings. The van der Waals surface area contributed by atoms with Gasteiger partial charge in [0.05, 0.1) is 0 Å². The summed E-state index contributed by atoms with van der Waals surface area (Å²) in [5, 5.41) is 12.9. The van der Waals surface area contributed by atoms with Gasteiger partial charge in [-0.05, 0) is 62.6 Å². The molecule has 3 heteroatoms. The molecule has 0 bridgehead atoms. The number of nitrogens with zero attached hydrogens (tertiary/aromatic N) is 1. The summed E-state index contributed by atoms with van der Waals surface area (Å²) in [7, 11) is 0. The topological polar surface area (TPSA) is 35.5 Å². The molecule has 0 saturated carbocycles. The first-order valence-electron chi connectivity index (χ1n) is 6.99. The van der Waals surface area contributed by atoms with E-state index in [1.54, 1.807) is 6.07 Å². The predicted molar refractivity (Wildman–Crippen MR) is 74.7 cm³/mol. The van der Waals surface area contributed by atoms with Crippen molar-refractivity contribution in [2.75, 3.05) is 26.2 Å². The summed E-state index contributed by atoms with van der Waals surface area (Å²) in [6.07, 6.45) is 2.57. The molecule has 0 amide bonds. The highest BCUT2D eigenvalue weighted by Crippen LogP contribution is 2.19. The van der Waals surface area contributed by atoms with Gasteiger partial charge in [0.15, 0.2) is 0 Å². The molecule has 0 aliphatic carbocycles. The van der Waals surface area contributed by atoms with Crippen molar-refractivity contribution in [3.8, 4) is 5.75 Å². The summed E-state index contributed by atoms with van der Waals surface area (Å²) in [4.78, 5) is 2.48. The molecule has 1 heterocycles. The van der Waals surface area contributed by atoms with E-state index in [1.165, 1.54) is 31.5 Å². The minimum Gasteiger partial charge on any atom is -0.508 e. The molecule has 1 aliphatic heterocycles. The molecule has 0 unspecified atom stereocenters. The molecule has 3 nitrogen and oxygen atoms in total. The molecule has 1 aliphatic rings. The summed E-state index contributed by atoms with van der Waals surface area (Å²) >= 11 is 0. The zero-order chi connectivity index (χ0) is 12.8. The van der Waals surface area contributed by atoms with Crippen LogP contribution in [0.2, 0.25) is 0 Å². The fourth-order valence-electron chi connectivity index (χ4n) is 2.61. The SMILES string of the molecule is CCNCC1CCN(Cc2cccc(O)c2)CC1. The molecule has 2 rings (SSSR count). The molecule has 0 atom stereocenters. The van der Waals surface area contributed by atoms with E-state index in [2.05, 4.69) is 23.2 Å². The Balaban J connectivity index is 1.76. The molecule has 100 valence electrons. The van der Waals surface area contributed by atoms with Crippen molar-refractivity contribution in [3.63, 3.8) is 0 Å². The lowest BCUT2D eigenvalue weighted by Crippen LogP contribution is -2.36. The Hall–Kier alpha value is -1.06. The number of phenolic OH excluding ortho intramolecular Hbond substituents is 1. The van der Waals surface area contributed by atoms with Gasteiger partial charge in [-0.1, -0.05) is 19.1 Å². The molecule has 18 heavy (non-hydrogen) atoms. The Morgan fingerprint density at radius 3 is 2.78 bits per heavy atom. The third-order valence-corrected chi connectivity index (χ3v) is 3.71. The number of nitrogens with one attached hydrogen (secondary N) is 1. The maximum atomic E-state index is 9.45. The molecule has 0 radical (unpaired) electrons. The second-order valence-electron chi connectivity index (χ2n) is 5.20. The van der Waals surface area contributed by atoms with Gasteiger partial charge in [0.25, 0.3) is 0 Å². The fourth-order valence-corrected chi connectivity index (χ4v) is 2.61. The van der Waals surface area contributed by atoms with Crippen LogP contribution in [0.25, 0.3) is 0 Å². The van der Waals surface area contributed by atoms with Crippen LogP contribution in [0.5, 0.6) is 5.75 Å². The van der Waals surface area contributed by atoms with E-state index in [1.807, 2.05) is 12.1 Å². The van der Waals surface area contributed by atoms with Crippen LogP contribution in [0, 0.1) is 5.92 Å². The Kier molecular flexibility index (Phi) is 5.02. The van der Waals surface area contributed by atoms with Crippen molar-refractivity contribution >= 4 is 0 Å². The van der Waals surface area contributed by atoms with Crippen molar-refractivity contribution in [3.05, 3.63) is 29.8 Å². The average molecular weight is 248 g/mol. The maximum Gasteiger partial charge on any atom is 0.115 e. The molecular formula is C15H24N2O. The van der Waals surface area contributed by atoms with Gasteiger partial charge in [-0.3, -0.25) is 4.90 Å². The van der Waals surface area contributed by atoms with Gasteiger partial charge < -0.3 is 10.4 Å². The molecular weight excluding hydrogens is 224 g/mol. The van der Waals surface area contributed by atoms with Gasteiger partial charge in [-0.25, -0.2) is 0 Å². The van der Waals surface area contributed by atoms with Gasteiger partial charge in [0.1, 0.15) is 5.75 Å². The normalized spacial score (nSPS) is 18.1. The fraction of sp³-hybridized carbons (Fsp3) is 0.600. The number of phenols is 1. The Morgan fingerprint density at radius 1 is 1.33 bits per heavy atom. The van der Waals surface area contributed by atoms with E-state index < -0.39 is 0 Å². The van der Waals surface area contributed by atoms with Gasteiger partial charge in [0, 0.05) is 6.54 Å². The molecule has 2 N–H and O–H groups in total. The number of likely N-dealkylation sites (tertiary alicyclic amines) is 1. The molecule has 1 saturated heterocycles. The van der Waals surface area contributed by atoms with E-state index in [0.717, 1.165) is 25.6 Å². The zero-order valence-electron chi connectivity index (χ0n) is 11.2. The van der Waals surface area contributed by atoms with E-state index in [0.29, 0.717) is 5.75 Å². The third-order valence-electron chi connectivity index (χ3n) is 3.71. The number of benzene rings is 1. The van der Waals surface area contributed by atoms with Crippen LogP contribution in [-0.4, -0.2) is 36.2 Å². The van der Waals surface area contributed by atoms with Crippen molar-refractivity contribution in [2.45, 2.75) is 26.3 Å². The minimum atomic E-state index is 0.370. The first-order valence-corrected chi connectivity index (χ1v) is 6.99. The van der Waals surface area contributed by atoms with Gasteiger partial charge in [0.2, 0.25) is 0 Å². The van der Waals surface area contributed by atoms with Gasteiger partial charge in [-0.15, -0.1) is 0 Å². The smallest absolute Gasteiger partial charge is 0.115 e. The van der Waals surface area contributed by atoms with Crippen molar-refractivity contribution in [1.29, 1.82) is 0 Å². The number of aromatic hydroxyl groups is 1. The van der Waals surface area contributed by atoms with Crippen LogP contribution >= 0.6 is 0 Å². The largest absolute Gasteiger partial charge is 0.508 e. The Labute approximate surface area is 110 Å². The highest BCUT2D eigenvalue weighted by atomic mass is 16.3. The number of piperidine rings is 1. The van der Waals surface area contributed by atoms with E-state index in [9.17, 15) is 5.11 Å². The maximum absolute atomic E-state index is 9.45. The number of hydrogen-bond donors (Lipinski definition) is 2. The van der Waals surface area contributed by atoms with E-state index in [-0.39, 0.29) is 0 Å². The highest BCUT2D eigenvalue weighted by Gasteiger charge is 2.18. The van der Waals surface area contributed by atoms with E-state index >= 15 is 0 Å². The van der Waals surface area contributed by atoms with Crippen LogP contribution in [0.3, 0.4) is 0 Å². The standard InChI is InChI=1S/C15H24N2O/c1-2-16-11-13-6-8-17(9-7-13)12-14-4-3-5-15(18)10-14/h3-5,10,13,16,18H,2,6-9,11-12H2,1H3. The predicted octanol–water partition coefficient (Wildman–Crippen LogP) is 2.21. The summed E-state index contributed by atoms with van der Waals surface area (Å²) in [5.41, 5.74) is 1.21. The second-order valence-corrected chi connectivity index (χ2v) is 5.20. The molecule has 1 aromatic carbocycles. The third kappa shape index (κ3) is 4.00. The Bertz CT molecular complexity index is 359. The van der Waals surface area contributed by atoms with Crippen LogP contribution in [0.15, 0.2) is 24.3 Å². The lowest BCUT2D eigenvalue weighted by atomic mass is 9.96. The Morgan fingerprint density at radius 2 is 2.11 bits per heavy atom. The van der Waals surface area contributed by atoms with Crippen molar-refractivity contribution < 1.29 is 5.11 Å². The monoisotopic (exact) mass is 248 g/mol. The van der Waals surface area contributed by atoms with Crippen LogP contribution in [-0.2, 0) is 6.54 Å². The summed E-state index contributed by atoms with van der Waals surface area (Å²) in [6, 6.07) is 7.60. The summed E-state index contributed by atoms with van der Waals surface area (Å²) < 4.78 is 0. The quantitative estimate of drug-likeness (QED) is 0.838. The van der Waals surface area contributed by atoms with Crippen molar-refractivity contribution in [2.24, 2.45) is 5.92 Å².